The van der Waals surface area contributed by atoms with Crippen LogP contribution < -0.4 is 5.32 Å². The lowest BCUT2D eigenvalue weighted by atomic mass is 10.1. The Balaban J connectivity index is 1.79. The molecule has 4 nitrogen and oxygen atoms in total. The molecule has 0 unspecified atom stereocenters. The molecule has 1 heterocycles. The van der Waals surface area contributed by atoms with Crippen molar-refractivity contribution in [3.8, 4) is 0 Å². The fraction of sp³-hybridized carbons (Fsp3) is 0.111. The van der Waals surface area contributed by atoms with Crippen LogP contribution in [0.15, 0.2) is 48.7 Å². The molecule has 116 valence electrons. The van der Waals surface area contributed by atoms with Crippen molar-refractivity contribution in [3.05, 3.63) is 65.6 Å². The van der Waals surface area contributed by atoms with Crippen LogP contribution in [0.5, 0.6) is 0 Å². The number of amides is 1. The second-order valence-electron chi connectivity index (χ2n) is 5.34. The van der Waals surface area contributed by atoms with Gasteiger partial charge in [0.15, 0.2) is 5.78 Å². The molecular weight excluding hydrogens is 295 g/mol. The zero-order valence-electron chi connectivity index (χ0n) is 12.5. The van der Waals surface area contributed by atoms with Crippen LogP contribution in [0, 0.1) is 5.82 Å². The third-order valence-electron chi connectivity index (χ3n) is 3.64. The lowest BCUT2D eigenvalue weighted by Gasteiger charge is -2.06. The summed E-state index contributed by atoms with van der Waals surface area (Å²) in [7, 11) is 0. The van der Waals surface area contributed by atoms with Crippen LogP contribution in [-0.4, -0.2) is 16.7 Å². The van der Waals surface area contributed by atoms with Crippen molar-refractivity contribution < 1.29 is 14.0 Å². The molecule has 0 saturated heterocycles. The first kappa shape index (κ1) is 15.0. The van der Waals surface area contributed by atoms with Crippen LogP contribution in [0.3, 0.4) is 0 Å². The van der Waals surface area contributed by atoms with E-state index in [1.165, 1.54) is 13.0 Å². The van der Waals surface area contributed by atoms with E-state index < -0.39 is 0 Å². The number of fused-ring (bicyclic) bond motifs is 1. The minimum Gasteiger partial charge on any atom is -0.361 e. The highest BCUT2D eigenvalue weighted by Gasteiger charge is 2.12. The van der Waals surface area contributed by atoms with Crippen LogP contribution in [0.2, 0.25) is 0 Å². The van der Waals surface area contributed by atoms with Crippen molar-refractivity contribution in [3.63, 3.8) is 0 Å². The van der Waals surface area contributed by atoms with Gasteiger partial charge in [-0.1, -0.05) is 18.2 Å². The van der Waals surface area contributed by atoms with E-state index in [-0.39, 0.29) is 23.9 Å². The molecule has 0 atom stereocenters. The van der Waals surface area contributed by atoms with Crippen LogP contribution >= 0.6 is 0 Å². The molecule has 0 aliphatic heterocycles. The molecule has 0 fully saturated rings. The highest BCUT2D eigenvalue weighted by atomic mass is 19.1. The average molecular weight is 310 g/mol. The Hall–Kier alpha value is -2.95. The number of halogens is 1. The minimum atomic E-state index is -0.356. The summed E-state index contributed by atoms with van der Waals surface area (Å²) < 4.78 is 13.9. The molecule has 0 aliphatic rings. The Kier molecular flexibility index (Phi) is 3.93. The molecule has 2 N–H and O–H groups in total. The number of aromatic nitrogens is 1. The molecule has 0 radical (unpaired) electrons. The average Bonchev–Trinajstić information content (AvgIpc) is 2.91. The number of Topliss-reactive ketones (excluding diaryl/α,β-unsaturated/α-hetero) is 1. The number of aromatic amines is 1. The molecule has 1 aromatic heterocycles. The lowest BCUT2D eigenvalue weighted by Crippen LogP contribution is -2.14. The molecule has 1 amide bonds. The van der Waals surface area contributed by atoms with E-state index in [1.807, 2.05) is 0 Å². The fourth-order valence-corrected chi connectivity index (χ4v) is 2.54. The third kappa shape index (κ3) is 3.13. The second kappa shape index (κ2) is 6.04. The van der Waals surface area contributed by atoms with Gasteiger partial charge in [-0.3, -0.25) is 9.59 Å². The van der Waals surface area contributed by atoms with E-state index in [2.05, 4.69) is 10.3 Å². The summed E-state index contributed by atoms with van der Waals surface area (Å²) in [6, 6.07) is 11.5. The van der Waals surface area contributed by atoms with Crippen molar-refractivity contribution in [2.45, 2.75) is 13.3 Å². The van der Waals surface area contributed by atoms with Gasteiger partial charge in [0.2, 0.25) is 5.91 Å². The van der Waals surface area contributed by atoms with Gasteiger partial charge in [-0.2, -0.15) is 0 Å². The Morgan fingerprint density at radius 3 is 2.74 bits per heavy atom. The van der Waals surface area contributed by atoms with Crippen molar-refractivity contribution in [1.29, 1.82) is 0 Å². The third-order valence-corrected chi connectivity index (χ3v) is 3.64. The Labute approximate surface area is 132 Å². The van der Waals surface area contributed by atoms with E-state index in [1.54, 1.807) is 42.6 Å². The molecule has 3 aromatic rings. The van der Waals surface area contributed by atoms with Crippen molar-refractivity contribution in [2.24, 2.45) is 0 Å². The first-order chi connectivity index (χ1) is 11.0. The SMILES string of the molecule is CC(=O)c1cccc(NC(=O)Cc2c[nH]c3cccc(F)c23)c1. The summed E-state index contributed by atoms with van der Waals surface area (Å²) in [5.41, 5.74) is 2.33. The quantitative estimate of drug-likeness (QED) is 0.722. The molecule has 0 saturated carbocycles. The lowest BCUT2D eigenvalue weighted by molar-refractivity contribution is -0.115. The van der Waals surface area contributed by atoms with E-state index in [9.17, 15) is 14.0 Å². The smallest absolute Gasteiger partial charge is 0.228 e. The summed E-state index contributed by atoms with van der Waals surface area (Å²) in [5, 5.41) is 3.16. The summed E-state index contributed by atoms with van der Waals surface area (Å²) in [6.07, 6.45) is 1.69. The van der Waals surface area contributed by atoms with Gasteiger partial charge >= 0.3 is 0 Å². The highest BCUT2D eigenvalue weighted by Crippen LogP contribution is 2.22. The maximum Gasteiger partial charge on any atom is 0.228 e. The first-order valence-corrected chi connectivity index (χ1v) is 7.20. The summed E-state index contributed by atoms with van der Waals surface area (Å²) in [5.74, 6) is -0.695. The van der Waals surface area contributed by atoms with Crippen molar-refractivity contribution >= 4 is 28.3 Å². The Bertz CT molecular complexity index is 899. The van der Waals surface area contributed by atoms with E-state index in [4.69, 9.17) is 0 Å². The van der Waals surface area contributed by atoms with Gasteiger partial charge in [0.05, 0.1) is 6.42 Å². The van der Waals surface area contributed by atoms with Gasteiger partial charge < -0.3 is 10.3 Å². The van der Waals surface area contributed by atoms with Crippen molar-refractivity contribution in [2.75, 3.05) is 5.32 Å². The summed E-state index contributed by atoms with van der Waals surface area (Å²) in [4.78, 5) is 26.5. The molecule has 0 spiro atoms. The zero-order valence-corrected chi connectivity index (χ0v) is 12.5. The number of hydrogen-bond donors (Lipinski definition) is 2. The fourth-order valence-electron chi connectivity index (χ4n) is 2.54. The number of nitrogens with one attached hydrogen (secondary N) is 2. The standard InChI is InChI=1S/C18H15FN2O2/c1-11(22)12-4-2-5-14(8-12)21-17(23)9-13-10-20-16-7-3-6-15(19)18(13)16/h2-8,10,20H,9H2,1H3,(H,21,23). The largest absolute Gasteiger partial charge is 0.361 e. The number of ketones is 1. The predicted molar refractivity (Wildman–Crippen MR) is 87.0 cm³/mol. The minimum absolute atomic E-state index is 0.0469. The second-order valence-corrected chi connectivity index (χ2v) is 5.34. The van der Waals surface area contributed by atoms with E-state index >= 15 is 0 Å². The van der Waals surface area contributed by atoms with Crippen LogP contribution in [0.1, 0.15) is 22.8 Å². The molecule has 0 bridgehead atoms. The molecule has 3 rings (SSSR count). The van der Waals surface area contributed by atoms with E-state index in [0.717, 1.165) is 0 Å². The molecule has 0 aliphatic carbocycles. The number of anilines is 1. The van der Waals surface area contributed by atoms with Crippen LogP contribution in [0.25, 0.3) is 10.9 Å². The number of carbonyl (C=O) groups excluding carboxylic acids is 2. The van der Waals surface area contributed by atoms with Gasteiger partial charge in [-0.15, -0.1) is 0 Å². The normalized spacial score (nSPS) is 10.7. The number of H-pyrrole nitrogens is 1. The van der Waals surface area contributed by atoms with Crippen molar-refractivity contribution in [1.82, 2.24) is 4.98 Å². The topological polar surface area (TPSA) is 62.0 Å². The molecule has 5 heteroatoms. The summed E-state index contributed by atoms with van der Waals surface area (Å²) in [6.45, 7) is 1.47. The highest BCUT2D eigenvalue weighted by molar-refractivity contribution is 5.98. The van der Waals surface area contributed by atoms with Gasteiger partial charge in [0, 0.05) is 28.4 Å². The molecule has 23 heavy (non-hydrogen) atoms. The maximum absolute atomic E-state index is 13.9. The van der Waals surface area contributed by atoms with Gasteiger partial charge in [0.1, 0.15) is 5.82 Å². The van der Waals surface area contributed by atoms with Gasteiger partial charge in [-0.05, 0) is 36.8 Å². The number of benzene rings is 2. The molecule has 2 aromatic carbocycles. The van der Waals surface area contributed by atoms with E-state index in [0.29, 0.717) is 27.7 Å². The summed E-state index contributed by atoms with van der Waals surface area (Å²) >= 11 is 0. The number of hydrogen-bond acceptors (Lipinski definition) is 2. The number of carbonyl (C=O) groups is 2. The zero-order chi connectivity index (χ0) is 16.4. The monoisotopic (exact) mass is 310 g/mol. The van der Waals surface area contributed by atoms with Crippen LogP contribution in [0.4, 0.5) is 10.1 Å². The number of rotatable bonds is 4. The first-order valence-electron chi connectivity index (χ1n) is 7.20. The van der Waals surface area contributed by atoms with Gasteiger partial charge in [0.25, 0.3) is 0 Å². The Morgan fingerprint density at radius 2 is 1.96 bits per heavy atom. The van der Waals surface area contributed by atoms with Gasteiger partial charge in [-0.25, -0.2) is 4.39 Å². The Morgan fingerprint density at radius 1 is 1.17 bits per heavy atom. The van der Waals surface area contributed by atoms with Crippen LogP contribution in [-0.2, 0) is 11.2 Å². The predicted octanol–water partition coefficient (Wildman–Crippen LogP) is 3.69. The molecular formula is C18H15FN2O2. The maximum atomic E-state index is 13.9.